The van der Waals surface area contributed by atoms with Gasteiger partial charge < -0.3 is 13.6 Å². The average molecular weight is 404 g/mol. The predicted octanol–water partition coefficient (Wildman–Crippen LogP) is 3.47. The van der Waals surface area contributed by atoms with Gasteiger partial charge in [0, 0.05) is 0 Å². The quantitative estimate of drug-likeness (QED) is 0.438. The molecule has 2 aliphatic carbocycles. The van der Waals surface area contributed by atoms with Crippen LogP contribution in [0.4, 0.5) is 0 Å². The van der Waals surface area contributed by atoms with Crippen LogP contribution in [-0.4, -0.2) is 44.0 Å². The van der Waals surface area contributed by atoms with Gasteiger partial charge in [-0.05, 0) is 66.6 Å². The number of rotatable bonds is 4. The van der Waals surface area contributed by atoms with Crippen LogP contribution >= 0.6 is 0 Å². The lowest BCUT2D eigenvalue weighted by Gasteiger charge is -2.38. The van der Waals surface area contributed by atoms with Gasteiger partial charge in [-0.2, -0.15) is 0 Å². The molecular weight excluding hydrogens is 376 g/mol. The van der Waals surface area contributed by atoms with E-state index in [2.05, 4.69) is 26.9 Å². The number of esters is 2. The molecule has 4 rings (SSSR count). The Labute approximate surface area is 165 Å². The number of hydrogen-bond donors (Lipinski definition) is 0. The highest BCUT2D eigenvalue weighted by Gasteiger charge is 2.41. The number of benzene rings is 1. The van der Waals surface area contributed by atoms with Crippen molar-refractivity contribution in [3.63, 3.8) is 0 Å². The van der Waals surface area contributed by atoms with Crippen molar-refractivity contribution in [2.24, 2.45) is 0 Å². The van der Waals surface area contributed by atoms with Crippen LogP contribution in [0.2, 0.25) is 19.1 Å². The summed E-state index contributed by atoms with van der Waals surface area (Å²) in [6.45, 7) is 8.91. The van der Waals surface area contributed by atoms with Gasteiger partial charge in [-0.25, -0.2) is 9.59 Å². The fraction of sp³-hybridized carbons (Fsp3) is 0.600. The topological polar surface area (TPSA) is 61.8 Å². The summed E-state index contributed by atoms with van der Waals surface area (Å²) in [6.07, 6.45) is 3.84. The van der Waals surface area contributed by atoms with Gasteiger partial charge in [0.25, 0.3) is 0 Å². The molecule has 0 saturated carbocycles. The van der Waals surface area contributed by atoms with Crippen LogP contribution in [-0.2, 0) is 32.9 Å². The first-order valence-corrected chi connectivity index (χ1v) is 13.2. The Hall–Kier alpha value is -1.45. The van der Waals surface area contributed by atoms with Crippen LogP contribution in [0.3, 0.4) is 0 Å². The molecule has 3 aliphatic rings. The van der Waals surface area contributed by atoms with Gasteiger partial charge in [0.15, 0.2) is 9.04 Å². The zero-order chi connectivity index (χ0) is 19.6. The largest absolute Gasteiger partial charge is 0.458 e. The third kappa shape index (κ3) is 4.05. The van der Waals surface area contributed by atoms with Gasteiger partial charge in [0.2, 0.25) is 9.76 Å². The van der Waals surface area contributed by atoms with E-state index in [1.807, 2.05) is 0 Å². The summed E-state index contributed by atoms with van der Waals surface area (Å²) in [5, 5.41) is 0. The standard InChI is InChI=1S/C15H14O4.C5H13OSi2/c1-7-6-10-11(7)13-9-3-2-8(9)12(10)14(16)18-4-5-19-15(13)17;1-4-5-7-6-8(2)3/h7H,2-6H2,1H3;4-5H2,1-3H3. The monoisotopic (exact) mass is 403 g/mol. The third-order valence-electron chi connectivity index (χ3n) is 5.08. The van der Waals surface area contributed by atoms with Crippen molar-refractivity contribution in [3.05, 3.63) is 33.4 Å². The SMILES string of the molecule is CC1Cc2c3c4c(c(c21)C(=O)OCCOC3=O)CC4.CCC[Si]O[Si](C)C. The summed E-state index contributed by atoms with van der Waals surface area (Å²) < 4.78 is 15.8. The van der Waals surface area contributed by atoms with E-state index in [-0.39, 0.29) is 25.2 Å². The number of fused-ring (bicyclic) bond motifs is 3. The van der Waals surface area contributed by atoms with E-state index >= 15 is 0 Å². The maximum absolute atomic E-state index is 12.2. The molecule has 0 N–H and O–H groups in total. The van der Waals surface area contributed by atoms with E-state index in [9.17, 15) is 9.59 Å². The van der Waals surface area contributed by atoms with Crippen molar-refractivity contribution in [3.8, 4) is 0 Å². The van der Waals surface area contributed by atoms with Crippen molar-refractivity contribution < 1.29 is 23.2 Å². The van der Waals surface area contributed by atoms with E-state index in [4.69, 9.17) is 13.6 Å². The first-order chi connectivity index (χ1) is 13.0. The molecule has 1 aliphatic heterocycles. The van der Waals surface area contributed by atoms with E-state index in [1.54, 1.807) is 0 Å². The van der Waals surface area contributed by atoms with Crippen molar-refractivity contribution in [1.29, 1.82) is 0 Å². The van der Waals surface area contributed by atoms with Crippen LogP contribution in [0.25, 0.3) is 0 Å². The van der Waals surface area contributed by atoms with Crippen molar-refractivity contribution in [1.82, 2.24) is 0 Å². The zero-order valence-electron chi connectivity index (χ0n) is 16.6. The molecule has 0 fully saturated rings. The summed E-state index contributed by atoms with van der Waals surface area (Å²) >= 11 is 0. The van der Waals surface area contributed by atoms with Crippen molar-refractivity contribution in [2.45, 2.75) is 64.6 Å². The Morgan fingerprint density at radius 2 is 1.63 bits per heavy atom. The minimum absolute atomic E-state index is 0.140. The van der Waals surface area contributed by atoms with Crippen molar-refractivity contribution in [2.75, 3.05) is 13.2 Å². The summed E-state index contributed by atoms with van der Waals surface area (Å²) in [6, 6.07) is 1.25. The van der Waals surface area contributed by atoms with Gasteiger partial charge in [0.05, 0.1) is 11.1 Å². The second kappa shape index (κ2) is 8.71. The first-order valence-electron chi connectivity index (χ1n) is 9.70. The van der Waals surface area contributed by atoms with Gasteiger partial charge in [0.1, 0.15) is 13.2 Å². The van der Waals surface area contributed by atoms with Crippen LogP contribution < -0.4 is 0 Å². The molecular formula is C20H27O5Si2. The number of carbonyl (C=O) groups is 2. The molecule has 7 heteroatoms. The molecule has 0 aromatic heterocycles. The Kier molecular flexibility index (Phi) is 6.54. The summed E-state index contributed by atoms with van der Waals surface area (Å²) in [5.41, 5.74) is 5.57. The minimum Gasteiger partial charge on any atom is -0.458 e. The molecule has 0 amide bonds. The highest BCUT2D eigenvalue weighted by Crippen LogP contribution is 2.47. The molecule has 1 unspecified atom stereocenters. The van der Waals surface area contributed by atoms with Gasteiger partial charge in [-0.1, -0.05) is 20.3 Å². The van der Waals surface area contributed by atoms with Gasteiger partial charge in [-0.15, -0.1) is 0 Å². The smallest absolute Gasteiger partial charge is 0.338 e. The summed E-state index contributed by atoms with van der Waals surface area (Å²) in [4.78, 5) is 24.4. The molecule has 1 aromatic rings. The lowest BCUT2D eigenvalue weighted by atomic mass is 9.66. The van der Waals surface area contributed by atoms with E-state index < -0.39 is 9.04 Å². The predicted molar refractivity (Wildman–Crippen MR) is 106 cm³/mol. The Balaban J connectivity index is 0.000000226. The number of cyclic esters (lactones) is 2. The van der Waals surface area contributed by atoms with Crippen LogP contribution in [0.15, 0.2) is 0 Å². The van der Waals surface area contributed by atoms with E-state index in [0.29, 0.717) is 5.92 Å². The summed E-state index contributed by atoms with van der Waals surface area (Å²) in [5.74, 6) is -0.165. The molecule has 1 aromatic carbocycles. The molecule has 1 atom stereocenters. The Morgan fingerprint density at radius 3 is 2.15 bits per heavy atom. The molecule has 145 valence electrons. The minimum atomic E-state index is -0.395. The lowest BCUT2D eigenvalue weighted by Crippen LogP contribution is -2.34. The number of carbonyl (C=O) groups excluding carboxylic acids is 2. The van der Waals surface area contributed by atoms with E-state index in [0.717, 1.165) is 62.4 Å². The Morgan fingerprint density at radius 1 is 1.04 bits per heavy atom. The first kappa shape index (κ1) is 20.3. The second-order valence-electron chi connectivity index (χ2n) is 7.38. The van der Waals surface area contributed by atoms with E-state index in [1.165, 1.54) is 12.5 Å². The second-order valence-corrected chi connectivity index (χ2v) is 10.8. The molecule has 27 heavy (non-hydrogen) atoms. The normalized spacial score (nSPS) is 19.7. The van der Waals surface area contributed by atoms with Crippen molar-refractivity contribution >= 4 is 30.7 Å². The maximum Gasteiger partial charge on any atom is 0.338 e. The molecule has 0 spiro atoms. The lowest BCUT2D eigenvalue weighted by molar-refractivity contribution is 0.0251. The fourth-order valence-electron chi connectivity index (χ4n) is 3.78. The molecule has 1 heterocycles. The molecule has 3 radical (unpaired) electrons. The molecule has 5 nitrogen and oxygen atoms in total. The average Bonchev–Trinajstić information content (AvgIpc) is 2.58. The van der Waals surface area contributed by atoms with Crippen LogP contribution in [0.1, 0.15) is 69.2 Å². The highest BCUT2D eigenvalue weighted by atomic mass is 28.3. The number of hydrogen-bond acceptors (Lipinski definition) is 5. The van der Waals surface area contributed by atoms with Crippen LogP contribution in [0, 0.1) is 0 Å². The maximum atomic E-state index is 12.2. The highest BCUT2D eigenvalue weighted by molar-refractivity contribution is 6.56. The third-order valence-corrected chi connectivity index (χ3v) is 7.99. The van der Waals surface area contributed by atoms with Gasteiger partial charge >= 0.3 is 11.9 Å². The zero-order valence-corrected chi connectivity index (χ0v) is 18.6. The van der Waals surface area contributed by atoms with Gasteiger partial charge in [-0.3, -0.25) is 0 Å². The molecule has 0 saturated heterocycles. The van der Waals surface area contributed by atoms with Crippen LogP contribution in [0.5, 0.6) is 0 Å². The fourth-order valence-corrected chi connectivity index (χ4v) is 5.55. The summed E-state index contributed by atoms with van der Waals surface area (Å²) in [7, 11) is 0.363. The Bertz CT molecular complexity index is 745. The molecule has 2 bridgehead atoms. The number of ether oxygens (including phenoxy) is 2.